The molecule has 8 heteroatoms. The standard InChI is InChI=1S/C24H26ClN3O4/c1-15-17(24(29)22-18(25)4-6-20(30-2)23(22)26-15)13-28-9-7-27(8-10-28)12-16-3-5-19-21(11-16)32-14-31-19/h3-6,11H,7-10,12-14H2,1-2H3,(H,26,29). The molecule has 2 aliphatic heterocycles. The normalized spacial score (nSPS) is 16.6. The molecule has 0 radical (unpaired) electrons. The minimum atomic E-state index is -0.0251. The molecule has 0 spiro atoms. The number of aromatic nitrogens is 1. The molecule has 168 valence electrons. The second-order valence-electron chi connectivity index (χ2n) is 8.30. The van der Waals surface area contributed by atoms with E-state index in [1.165, 1.54) is 5.56 Å². The van der Waals surface area contributed by atoms with Crippen LogP contribution in [0.3, 0.4) is 0 Å². The third kappa shape index (κ3) is 3.92. The van der Waals surface area contributed by atoms with Crippen molar-refractivity contribution in [1.29, 1.82) is 0 Å². The Hall–Kier alpha value is -2.74. The molecule has 0 aliphatic carbocycles. The number of ether oxygens (including phenoxy) is 3. The minimum absolute atomic E-state index is 0.0251. The average molecular weight is 456 g/mol. The van der Waals surface area contributed by atoms with Crippen LogP contribution in [-0.2, 0) is 13.1 Å². The van der Waals surface area contributed by atoms with Crippen molar-refractivity contribution in [3.05, 3.63) is 62.4 Å². The van der Waals surface area contributed by atoms with Crippen LogP contribution in [0.15, 0.2) is 35.1 Å². The summed E-state index contributed by atoms with van der Waals surface area (Å²) in [6.07, 6.45) is 0. The van der Waals surface area contributed by atoms with Gasteiger partial charge in [0.15, 0.2) is 16.9 Å². The molecule has 32 heavy (non-hydrogen) atoms. The number of nitrogens with zero attached hydrogens (tertiary/aromatic N) is 2. The topological polar surface area (TPSA) is 67.0 Å². The molecule has 0 bridgehead atoms. The van der Waals surface area contributed by atoms with Gasteiger partial charge in [-0.25, -0.2) is 0 Å². The molecule has 0 atom stereocenters. The maximum absolute atomic E-state index is 13.3. The summed E-state index contributed by atoms with van der Waals surface area (Å²) in [6.45, 7) is 7.37. The number of benzene rings is 2. The Morgan fingerprint density at radius 2 is 1.75 bits per heavy atom. The predicted octanol–water partition coefficient (Wildman–Crippen LogP) is 3.55. The number of rotatable bonds is 5. The molecule has 1 saturated heterocycles. The fourth-order valence-electron chi connectivity index (χ4n) is 4.48. The Kier molecular flexibility index (Phi) is 5.71. The SMILES string of the molecule is COc1ccc(Cl)c2c(=O)c(CN3CCN(Cc4ccc5c(c4)OCO5)CC3)c(C)[nH]c12. The number of halogens is 1. The highest BCUT2D eigenvalue weighted by molar-refractivity contribution is 6.35. The van der Waals surface area contributed by atoms with Gasteiger partial charge in [-0.05, 0) is 36.8 Å². The molecule has 0 amide bonds. The van der Waals surface area contributed by atoms with E-state index < -0.39 is 0 Å². The zero-order valence-corrected chi connectivity index (χ0v) is 19.0. The summed E-state index contributed by atoms with van der Waals surface area (Å²) < 4.78 is 16.3. The molecular formula is C24H26ClN3O4. The Balaban J connectivity index is 1.28. The summed E-state index contributed by atoms with van der Waals surface area (Å²) in [7, 11) is 1.59. The zero-order valence-electron chi connectivity index (χ0n) is 18.2. The smallest absolute Gasteiger partial charge is 0.231 e. The van der Waals surface area contributed by atoms with E-state index in [4.69, 9.17) is 25.8 Å². The van der Waals surface area contributed by atoms with Crippen LogP contribution in [0.4, 0.5) is 0 Å². The number of hydrogen-bond donors (Lipinski definition) is 1. The number of aromatic amines is 1. The molecule has 1 fully saturated rings. The second-order valence-corrected chi connectivity index (χ2v) is 8.70. The Morgan fingerprint density at radius 1 is 1.03 bits per heavy atom. The van der Waals surface area contributed by atoms with Crippen LogP contribution < -0.4 is 19.6 Å². The molecule has 3 heterocycles. The fraction of sp³-hybridized carbons (Fsp3) is 0.375. The highest BCUT2D eigenvalue weighted by Gasteiger charge is 2.22. The molecule has 0 saturated carbocycles. The number of H-pyrrole nitrogens is 1. The second kappa shape index (κ2) is 8.65. The number of nitrogens with one attached hydrogen (secondary N) is 1. The lowest BCUT2D eigenvalue weighted by Gasteiger charge is -2.34. The van der Waals surface area contributed by atoms with Crippen LogP contribution in [-0.4, -0.2) is 54.9 Å². The van der Waals surface area contributed by atoms with Gasteiger partial charge < -0.3 is 19.2 Å². The molecule has 1 aromatic heterocycles. The summed E-state index contributed by atoms with van der Waals surface area (Å²) in [6, 6.07) is 9.62. The van der Waals surface area contributed by atoms with Crippen molar-refractivity contribution in [1.82, 2.24) is 14.8 Å². The molecule has 5 rings (SSSR count). The molecule has 2 aliphatic rings. The van der Waals surface area contributed by atoms with Crippen LogP contribution in [0.1, 0.15) is 16.8 Å². The molecule has 2 aromatic carbocycles. The average Bonchev–Trinajstić information content (AvgIpc) is 3.26. The maximum Gasteiger partial charge on any atom is 0.231 e. The van der Waals surface area contributed by atoms with E-state index in [2.05, 4.69) is 26.9 Å². The van der Waals surface area contributed by atoms with Crippen LogP contribution in [0.2, 0.25) is 5.02 Å². The number of methoxy groups -OCH3 is 1. The van der Waals surface area contributed by atoms with E-state index >= 15 is 0 Å². The van der Waals surface area contributed by atoms with Crippen molar-refractivity contribution < 1.29 is 14.2 Å². The largest absolute Gasteiger partial charge is 0.495 e. The number of piperazine rings is 1. The van der Waals surface area contributed by atoms with Crippen molar-refractivity contribution >= 4 is 22.5 Å². The van der Waals surface area contributed by atoms with Gasteiger partial charge in [0.2, 0.25) is 6.79 Å². The van der Waals surface area contributed by atoms with E-state index in [0.717, 1.165) is 55.5 Å². The Labute approximate surface area is 191 Å². The van der Waals surface area contributed by atoms with Crippen molar-refractivity contribution in [3.63, 3.8) is 0 Å². The molecule has 1 N–H and O–H groups in total. The third-order valence-corrected chi connectivity index (χ3v) is 6.61. The summed E-state index contributed by atoms with van der Waals surface area (Å²) in [5, 5.41) is 0.935. The van der Waals surface area contributed by atoms with Gasteiger partial charge in [0, 0.05) is 50.5 Å². The number of fused-ring (bicyclic) bond motifs is 2. The molecule has 7 nitrogen and oxygen atoms in total. The summed E-state index contributed by atoms with van der Waals surface area (Å²) >= 11 is 6.38. The van der Waals surface area contributed by atoms with Gasteiger partial charge in [0.1, 0.15) is 5.75 Å². The van der Waals surface area contributed by atoms with Crippen LogP contribution in [0, 0.1) is 6.92 Å². The number of aryl methyl sites for hydroxylation is 1. The third-order valence-electron chi connectivity index (χ3n) is 6.29. The van der Waals surface area contributed by atoms with Crippen LogP contribution >= 0.6 is 11.6 Å². The monoisotopic (exact) mass is 455 g/mol. The first-order valence-corrected chi connectivity index (χ1v) is 11.1. The lowest BCUT2D eigenvalue weighted by atomic mass is 10.1. The van der Waals surface area contributed by atoms with Gasteiger partial charge >= 0.3 is 0 Å². The summed E-state index contributed by atoms with van der Waals surface area (Å²) in [4.78, 5) is 21.4. The van der Waals surface area contributed by atoms with Gasteiger partial charge in [-0.2, -0.15) is 0 Å². The van der Waals surface area contributed by atoms with Crippen LogP contribution in [0.5, 0.6) is 17.2 Å². The van der Waals surface area contributed by atoms with Gasteiger partial charge in [-0.1, -0.05) is 17.7 Å². The molecule has 3 aromatic rings. The highest BCUT2D eigenvalue weighted by atomic mass is 35.5. The van der Waals surface area contributed by atoms with Gasteiger partial charge in [0.25, 0.3) is 0 Å². The first-order chi connectivity index (χ1) is 15.5. The maximum atomic E-state index is 13.3. The summed E-state index contributed by atoms with van der Waals surface area (Å²) in [5.41, 5.74) is 3.46. The lowest BCUT2D eigenvalue weighted by Crippen LogP contribution is -2.46. The van der Waals surface area contributed by atoms with Gasteiger partial charge in [0.05, 0.1) is 23.0 Å². The van der Waals surface area contributed by atoms with E-state index in [0.29, 0.717) is 35.0 Å². The van der Waals surface area contributed by atoms with Crippen LogP contribution in [0.25, 0.3) is 10.9 Å². The highest BCUT2D eigenvalue weighted by Crippen LogP contribution is 2.33. The quantitative estimate of drug-likeness (QED) is 0.634. The van der Waals surface area contributed by atoms with Crippen molar-refractivity contribution in [2.45, 2.75) is 20.0 Å². The minimum Gasteiger partial charge on any atom is -0.495 e. The first kappa shape index (κ1) is 21.1. The van der Waals surface area contributed by atoms with E-state index in [-0.39, 0.29) is 5.43 Å². The lowest BCUT2D eigenvalue weighted by molar-refractivity contribution is 0.121. The number of pyridine rings is 1. The van der Waals surface area contributed by atoms with E-state index in [1.807, 2.05) is 13.0 Å². The van der Waals surface area contributed by atoms with Gasteiger partial charge in [-0.15, -0.1) is 0 Å². The first-order valence-electron chi connectivity index (χ1n) is 10.7. The number of hydrogen-bond acceptors (Lipinski definition) is 6. The molecule has 0 unspecified atom stereocenters. The summed E-state index contributed by atoms with van der Waals surface area (Å²) in [5.74, 6) is 2.25. The van der Waals surface area contributed by atoms with Gasteiger partial charge in [-0.3, -0.25) is 14.6 Å². The van der Waals surface area contributed by atoms with Crippen molar-refractivity contribution in [2.24, 2.45) is 0 Å². The van der Waals surface area contributed by atoms with E-state index in [1.54, 1.807) is 19.2 Å². The van der Waals surface area contributed by atoms with E-state index in [9.17, 15) is 4.79 Å². The zero-order chi connectivity index (χ0) is 22.2. The Morgan fingerprint density at radius 3 is 2.50 bits per heavy atom. The fourth-order valence-corrected chi connectivity index (χ4v) is 4.72. The molecular weight excluding hydrogens is 430 g/mol. The Bertz CT molecular complexity index is 1220. The van der Waals surface area contributed by atoms with Crippen molar-refractivity contribution in [2.75, 3.05) is 40.1 Å². The van der Waals surface area contributed by atoms with Crippen molar-refractivity contribution in [3.8, 4) is 17.2 Å². The predicted molar refractivity (Wildman–Crippen MR) is 124 cm³/mol.